The first-order chi connectivity index (χ1) is 24.2. The highest BCUT2D eigenvalue weighted by molar-refractivity contribution is 5.83. The van der Waals surface area contributed by atoms with Crippen molar-refractivity contribution in [2.75, 3.05) is 19.9 Å². The van der Waals surface area contributed by atoms with Crippen LogP contribution in [0.2, 0.25) is 0 Å². The van der Waals surface area contributed by atoms with Gasteiger partial charge in [0.25, 0.3) is 0 Å². The maximum Gasteiger partial charge on any atom is 0.240 e. The van der Waals surface area contributed by atoms with Crippen LogP contribution in [0.15, 0.2) is 60.9 Å². The summed E-state index contributed by atoms with van der Waals surface area (Å²) in [7, 11) is 0. The van der Waals surface area contributed by atoms with Gasteiger partial charge in [0.05, 0.1) is 47.9 Å². The Balaban J connectivity index is 1.00. The second-order valence-electron chi connectivity index (χ2n) is 14.3. The average molecular weight is 681 g/mol. The molecule has 12 heteroatoms. The van der Waals surface area contributed by atoms with Gasteiger partial charge in [-0.3, -0.25) is 14.9 Å². The van der Waals surface area contributed by atoms with E-state index < -0.39 is 18.5 Å². The van der Waals surface area contributed by atoms with Crippen LogP contribution in [0.25, 0.3) is 33.6 Å². The Morgan fingerprint density at radius 2 is 1.20 bits per heavy atom. The van der Waals surface area contributed by atoms with E-state index in [1.54, 1.807) is 0 Å². The lowest BCUT2D eigenvalue weighted by Crippen LogP contribution is -2.56. The molecular formula is C38H48N8O4. The molecule has 0 unspecified atom stereocenters. The molecule has 4 atom stereocenters. The molecule has 3 aliphatic rings. The summed E-state index contributed by atoms with van der Waals surface area (Å²) in [5.74, 6) is 1.82. The van der Waals surface area contributed by atoms with E-state index in [0.717, 1.165) is 71.0 Å². The highest BCUT2D eigenvalue weighted by Crippen LogP contribution is 2.35. The van der Waals surface area contributed by atoms with Crippen molar-refractivity contribution in [1.29, 1.82) is 0 Å². The van der Waals surface area contributed by atoms with E-state index in [2.05, 4.69) is 68.8 Å². The number of nitrogens with one attached hydrogen (secondary N) is 3. The second-order valence-corrected chi connectivity index (χ2v) is 14.3. The van der Waals surface area contributed by atoms with Gasteiger partial charge in [-0.25, -0.2) is 9.97 Å². The number of imidazole rings is 2. The molecule has 0 radical (unpaired) electrons. The SMILES string of the molecule is CC(C)[C@H](N)C(=O)N1CCC[C@H]1c1ncc(-c2ccc(-c3ccc(-c4cnc([C@@H]5CCCN5C(=O)[C@@H](NC5OCO5)C(C)C)[nH]4)cc3)cc2)[nH]1. The fraction of sp³-hybridized carbons (Fsp3) is 0.474. The molecule has 0 saturated carbocycles. The molecular weight excluding hydrogens is 632 g/mol. The van der Waals surface area contributed by atoms with Crippen molar-refractivity contribution in [2.45, 2.75) is 84.0 Å². The molecule has 0 aliphatic carbocycles. The zero-order valence-electron chi connectivity index (χ0n) is 29.3. The van der Waals surface area contributed by atoms with Crippen LogP contribution in [-0.4, -0.2) is 79.9 Å². The Morgan fingerprint density at radius 3 is 1.62 bits per heavy atom. The van der Waals surface area contributed by atoms with Crippen molar-refractivity contribution in [1.82, 2.24) is 35.1 Å². The number of likely N-dealkylation sites (tertiary alicyclic amines) is 2. The van der Waals surface area contributed by atoms with Gasteiger partial charge in [-0.1, -0.05) is 76.2 Å². The monoisotopic (exact) mass is 680 g/mol. The number of rotatable bonds is 11. The van der Waals surface area contributed by atoms with Gasteiger partial charge >= 0.3 is 0 Å². The normalized spacial score (nSPS) is 20.9. The molecule has 4 aromatic rings. The lowest BCUT2D eigenvalue weighted by molar-refractivity contribution is -0.335. The van der Waals surface area contributed by atoms with Crippen molar-refractivity contribution < 1.29 is 19.1 Å². The number of H-pyrrole nitrogens is 2. The third-order valence-corrected chi connectivity index (χ3v) is 10.3. The molecule has 7 rings (SSSR count). The first kappa shape index (κ1) is 34.1. The Labute approximate surface area is 293 Å². The minimum atomic E-state index is -0.532. The molecule has 2 aromatic heterocycles. The maximum atomic E-state index is 13.6. The topological polar surface area (TPSA) is 154 Å². The van der Waals surface area contributed by atoms with E-state index in [-0.39, 0.29) is 42.5 Å². The van der Waals surface area contributed by atoms with Crippen LogP contribution in [-0.2, 0) is 19.1 Å². The summed E-state index contributed by atoms with van der Waals surface area (Å²) in [6, 6.07) is 15.7. The van der Waals surface area contributed by atoms with E-state index >= 15 is 0 Å². The predicted molar refractivity (Wildman–Crippen MR) is 190 cm³/mol. The maximum absolute atomic E-state index is 13.6. The largest absolute Gasteiger partial charge is 0.340 e. The third kappa shape index (κ3) is 6.85. The van der Waals surface area contributed by atoms with Crippen LogP contribution in [0.1, 0.15) is 77.1 Å². The van der Waals surface area contributed by atoms with E-state index in [0.29, 0.717) is 13.1 Å². The lowest BCUT2D eigenvalue weighted by Gasteiger charge is -2.35. The number of hydrogen-bond acceptors (Lipinski definition) is 8. The van der Waals surface area contributed by atoms with Gasteiger partial charge in [-0.05, 0) is 59.8 Å². The quantitative estimate of drug-likeness (QED) is 0.165. The van der Waals surface area contributed by atoms with Gasteiger partial charge in [0, 0.05) is 13.1 Å². The van der Waals surface area contributed by atoms with Crippen molar-refractivity contribution >= 4 is 11.8 Å². The van der Waals surface area contributed by atoms with Gasteiger partial charge in [-0.15, -0.1) is 0 Å². The highest BCUT2D eigenvalue weighted by atomic mass is 16.9. The Morgan fingerprint density at radius 1 is 0.740 bits per heavy atom. The van der Waals surface area contributed by atoms with Crippen molar-refractivity contribution in [3.05, 3.63) is 72.6 Å². The number of nitrogens with zero attached hydrogens (tertiary/aromatic N) is 4. The van der Waals surface area contributed by atoms with E-state index in [1.165, 1.54) is 0 Å². The van der Waals surface area contributed by atoms with E-state index in [4.69, 9.17) is 20.2 Å². The number of aromatic nitrogens is 4. The van der Waals surface area contributed by atoms with Crippen LogP contribution in [0, 0.1) is 11.8 Å². The molecule has 12 nitrogen and oxygen atoms in total. The molecule has 3 fully saturated rings. The summed E-state index contributed by atoms with van der Waals surface area (Å²) in [6.45, 7) is 9.66. The molecule has 3 saturated heterocycles. The molecule has 50 heavy (non-hydrogen) atoms. The van der Waals surface area contributed by atoms with Crippen molar-refractivity contribution in [2.24, 2.45) is 17.6 Å². The van der Waals surface area contributed by atoms with E-state index in [1.807, 2.05) is 49.9 Å². The number of ether oxygens (including phenoxy) is 2. The number of benzene rings is 2. The van der Waals surface area contributed by atoms with Crippen LogP contribution >= 0.6 is 0 Å². The van der Waals surface area contributed by atoms with Crippen LogP contribution in [0.4, 0.5) is 0 Å². The minimum Gasteiger partial charge on any atom is -0.340 e. The fourth-order valence-electron chi connectivity index (χ4n) is 7.20. The molecule has 2 amide bonds. The Bertz CT molecular complexity index is 1780. The first-order valence-electron chi connectivity index (χ1n) is 17.8. The van der Waals surface area contributed by atoms with Gasteiger partial charge < -0.3 is 35.0 Å². The third-order valence-electron chi connectivity index (χ3n) is 10.3. The number of carbonyl (C=O) groups is 2. The van der Waals surface area contributed by atoms with Crippen molar-refractivity contribution in [3.63, 3.8) is 0 Å². The number of hydrogen-bond donors (Lipinski definition) is 4. The molecule has 264 valence electrons. The molecule has 2 aromatic carbocycles. The Kier molecular flexibility index (Phi) is 9.87. The molecule has 5 N–H and O–H groups in total. The smallest absolute Gasteiger partial charge is 0.240 e. The summed E-state index contributed by atoms with van der Waals surface area (Å²) in [4.78, 5) is 46.8. The number of aromatic amines is 2. The summed E-state index contributed by atoms with van der Waals surface area (Å²) >= 11 is 0. The predicted octanol–water partition coefficient (Wildman–Crippen LogP) is 5.35. The minimum absolute atomic E-state index is 0.00418. The first-order valence-corrected chi connectivity index (χ1v) is 17.8. The zero-order valence-corrected chi connectivity index (χ0v) is 29.3. The molecule has 3 aliphatic heterocycles. The Hall–Kier alpha value is -4.36. The standard InChI is InChI=1S/C38H48N8O4/c1-22(2)32(39)36(47)45-17-5-7-30(45)34-40-19-28(42-34)26-13-9-24(10-14-26)25-11-15-27(16-12-25)29-20-41-35(43-29)31-8-6-18-46(31)37(48)33(23(3)4)44-38-49-21-50-38/h9-16,19-20,22-23,30-33,38,44H,5-8,17-18,21,39H2,1-4H3,(H,40,42)(H,41,43)/t30-,31-,32-,33-/m0/s1. The molecule has 5 heterocycles. The zero-order chi connectivity index (χ0) is 34.9. The number of carbonyl (C=O) groups excluding carboxylic acids is 2. The van der Waals surface area contributed by atoms with Crippen LogP contribution < -0.4 is 11.1 Å². The summed E-state index contributed by atoms with van der Waals surface area (Å²) in [6.07, 6.45) is 6.77. The van der Waals surface area contributed by atoms with Gasteiger partial charge in [0.2, 0.25) is 18.2 Å². The summed E-state index contributed by atoms with van der Waals surface area (Å²) in [5.41, 5.74) is 12.3. The second kappa shape index (κ2) is 14.5. The van der Waals surface area contributed by atoms with Gasteiger partial charge in [0.15, 0.2) is 6.79 Å². The van der Waals surface area contributed by atoms with Gasteiger partial charge in [0.1, 0.15) is 11.6 Å². The summed E-state index contributed by atoms with van der Waals surface area (Å²) < 4.78 is 10.7. The molecule has 0 spiro atoms. The van der Waals surface area contributed by atoms with Crippen LogP contribution in [0.3, 0.4) is 0 Å². The lowest BCUT2D eigenvalue weighted by atomic mass is 10.0. The van der Waals surface area contributed by atoms with Crippen LogP contribution in [0.5, 0.6) is 0 Å². The average Bonchev–Trinajstić information content (AvgIpc) is 3.93. The molecule has 0 bridgehead atoms. The number of amides is 2. The van der Waals surface area contributed by atoms with E-state index in [9.17, 15) is 9.59 Å². The summed E-state index contributed by atoms with van der Waals surface area (Å²) in [5, 5.41) is 3.20. The number of nitrogens with two attached hydrogens (primary N) is 1. The van der Waals surface area contributed by atoms with Gasteiger partial charge in [-0.2, -0.15) is 0 Å². The van der Waals surface area contributed by atoms with Crippen molar-refractivity contribution in [3.8, 4) is 33.6 Å². The fourth-order valence-corrected chi connectivity index (χ4v) is 7.20. The highest BCUT2D eigenvalue weighted by Gasteiger charge is 2.39.